The van der Waals surface area contributed by atoms with Crippen LogP contribution in [0.4, 0.5) is 11.5 Å². The Morgan fingerprint density at radius 1 is 1.40 bits per heavy atom. The maximum absolute atomic E-state index is 11.9. The summed E-state index contributed by atoms with van der Waals surface area (Å²) in [5.74, 6) is 0.212. The van der Waals surface area contributed by atoms with Crippen molar-refractivity contribution in [2.24, 2.45) is 0 Å². The van der Waals surface area contributed by atoms with Gasteiger partial charge in [0.1, 0.15) is 11.5 Å². The zero-order valence-electron chi connectivity index (χ0n) is 12.6. The van der Waals surface area contributed by atoms with Crippen LogP contribution in [0.25, 0.3) is 0 Å². The minimum absolute atomic E-state index is 0.0245. The first-order chi connectivity index (χ1) is 9.32. The molecule has 0 saturated carbocycles. The van der Waals surface area contributed by atoms with Crippen molar-refractivity contribution in [2.75, 3.05) is 23.9 Å². The molecule has 0 atom stereocenters. The van der Waals surface area contributed by atoms with Crippen molar-refractivity contribution in [2.45, 2.75) is 44.9 Å². The highest BCUT2D eigenvalue weighted by atomic mass is 32.2. The average Bonchev–Trinajstić information content (AvgIpc) is 2.38. The predicted molar refractivity (Wildman–Crippen MR) is 86.7 cm³/mol. The first-order valence-corrected chi connectivity index (χ1v) is 7.96. The van der Waals surface area contributed by atoms with Crippen LogP contribution in [-0.4, -0.2) is 27.1 Å². The molecule has 7 heteroatoms. The number of aromatic nitrogens is 2. The van der Waals surface area contributed by atoms with Gasteiger partial charge in [0.05, 0.1) is 0 Å². The van der Waals surface area contributed by atoms with Gasteiger partial charge < -0.3 is 11.1 Å². The first kappa shape index (κ1) is 16.7. The number of rotatable bonds is 7. The minimum Gasteiger partial charge on any atom is -0.383 e. The van der Waals surface area contributed by atoms with E-state index in [2.05, 4.69) is 24.1 Å². The lowest BCUT2D eigenvalue weighted by Gasteiger charge is -2.23. The molecular formula is C13H24N4O2S. The fourth-order valence-corrected chi connectivity index (χ4v) is 1.89. The van der Waals surface area contributed by atoms with Crippen molar-refractivity contribution < 1.29 is 0 Å². The van der Waals surface area contributed by atoms with Crippen molar-refractivity contribution in [1.82, 2.24) is 9.55 Å². The highest BCUT2D eigenvalue weighted by Gasteiger charge is 2.18. The molecule has 114 valence electrons. The number of thioether (sulfide) groups is 1. The van der Waals surface area contributed by atoms with Crippen LogP contribution in [0, 0.1) is 0 Å². The number of nitrogen functional groups attached to an aromatic ring is 1. The molecule has 1 aromatic rings. The van der Waals surface area contributed by atoms with Crippen LogP contribution < -0.4 is 22.3 Å². The van der Waals surface area contributed by atoms with E-state index >= 15 is 0 Å². The van der Waals surface area contributed by atoms with Gasteiger partial charge in [-0.05, 0) is 26.5 Å². The zero-order chi connectivity index (χ0) is 15.3. The molecule has 4 N–H and O–H groups in total. The van der Waals surface area contributed by atoms with E-state index < -0.39 is 11.2 Å². The third-order valence-corrected chi connectivity index (χ3v) is 4.47. The smallest absolute Gasteiger partial charge is 0.330 e. The van der Waals surface area contributed by atoms with Crippen molar-refractivity contribution in [3.8, 4) is 0 Å². The molecule has 0 aliphatic rings. The maximum Gasteiger partial charge on any atom is 0.330 e. The number of H-pyrrole nitrogens is 1. The maximum atomic E-state index is 11.9. The highest BCUT2D eigenvalue weighted by Crippen LogP contribution is 2.22. The van der Waals surface area contributed by atoms with Gasteiger partial charge >= 0.3 is 5.69 Å². The van der Waals surface area contributed by atoms with E-state index in [-0.39, 0.29) is 16.3 Å². The molecule has 1 aromatic heterocycles. The molecular weight excluding hydrogens is 276 g/mol. The quantitative estimate of drug-likeness (QED) is 0.709. The summed E-state index contributed by atoms with van der Waals surface area (Å²) in [6, 6.07) is 0. The number of nitrogens with one attached hydrogen (secondary N) is 2. The largest absolute Gasteiger partial charge is 0.383 e. The average molecular weight is 300 g/mol. The Kier molecular flexibility index (Phi) is 5.74. The molecule has 20 heavy (non-hydrogen) atoms. The van der Waals surface area contributed by atoms with Crippen molar-refractivity contribution in [3.63, 3.8) is 0 Å². The number of hydrogen-bond donors (Lipinski definition) is 3. The molecule has 0 aliphatic carbocycles. The lowest BCUT2D eigenvalue weighted by molar-refractivity contribution is 0.605. The Bertz CT molecular complexity index is 562. The second-order valence-electron chi connectivity index (χ2n) is 5.34. The number of aromatic amines is 1. The number of nitrogens with two attached hydrogens (primary N) is 1. The Morgan fingerprint density at radius 2 is 2.05 bits per heavy atom. The van der Waals surface area contributed by atoms with E-state index in [0.717, 1.165) is 12.8 Å². The highest BCUT2D eigenvalue weighted by molar-refractivity contribution is 7.99. The lowest BCUT2D eigenvalue weighted by Crippen LogP contribution is -2.36. The summed E-state index contributed by atoms with van der Waals surface area (Å²) >= 11 is 1.70. The Morgan fingerprint density at radius 3 is 2.60 bits per heavy atom. The van der Waals surface area contributed by atoms with Gasteiger partial charge in [-0.2, -0.15) is 11.8 Å². The molecule has 0 unspecified atom stereocenters. The molecule has 0 fully saturated rings. The Balaban J connectivity index is 3.07. The SMILES string of the molecule is CCCCn1c(N)c(NCC(C)(C)SC)c(=O)[nH]c1=O. The molecule has 6 nitrogen and oxygen atoms in total. The topological polar surface area (TPSA) is 92.9 Å². The summed E-state index contributed by atoms with van der Waals surface area (Å²) < 4.78 is 1.39. The molecule has 0 saturated heterocycles. The molecule has 0 spiro atoms. The molecule has 0 aliphatic heterocycles. The van der Waals surface area contributed by atoms with Gasteiger partial charge in [0.15, 0.2) is 0 Å². The van der Waals surface area contributed by atoms with Crippen LogP contribution in [0.5, 0.6) is 0 Å². The van der Waals surface area contributed by atoms with Crippen LogP contribution >= 0.6 is 11.8 Å². The van der Waals surface area contributed by atoms with E-state index in [1.54, 1.807) is 11.8 Å². The first-order valence-electron chi connectivity index (χ1n) is 6.74. The fourth-order valence-electron chi connectivity index (χ4n) is 1.67. The van der Waals surface area contributed by atoms with E-state index in [0.29, 0.717) is 13.1 Å². The van der Waals surface area contributed by atoms with E-state index in [9.17, 15) is 9.59 Å². The van der Waals surface area contributed by atoms with Gasteiger partial charge in [-0.15, -0.1) is 0 Å². The van der Waals surface area contributed by atoms with Gasteiger partial charge in [0, 0.05) is 17.8 Å². The summed E-state index contributed by atoms with van der Waals surface area (Å²) in [5.41, 5.74) is 5.34. The van der Waals surface area contributed by atoms with E-state index in [4.69, 9.17) is 5.73 Å². The number of hydrogen-bond acceptors (Lipinski definition) is 5. The Labute approximate surface area is 123 Å². The molecule has 1 rings (SSSR count). The summed E-state index contributed by atoms with van der Waals surface area (Å²) in [4.78, 5) is 26.0. The van der Waals surface area contributed by atoms with Crippen LogP contribution in [0.3, 0.4) is 0 Å². The van der Waals surface area contributed by atoms with Crippen LogP contribution in [0.1, 0.15) is 33.6 Å². The normalized spacial score (nSPS) is 11.6. The number of unbranched alkanes of at least 4 members (excludes halogenated alkanes) is 1. The Hall–Kier alpha value is -1.37. The molecule has 1 heterocycles. The third-order valence-electron chi connectivity index (χ3n) is 3.22. The molecule has 0 bridgehead atoms. The van der Waals surface area contributed by atoms with Gasteiger partial charge in [0.25, 0.3) is 5.56 Å². The number of anilines is 2. The monoisotopic (exact) mass is 300 g/mol. The third kappa shape index (κ3) is 4.06. The van der Waals surface area contributed by atoms with Crippen molar-refractivity contribution in [3.05, 3.63) is 20.8 Å². The molecule has 0 radical (unpaired) electrons. The van der Waals surface area contributed by atoms with Crippen molar-refractivity contribution >= 4 is 23.3 Å². The van der Waals surface area contributed by atoms with Crippen LogP contribution in [0.15, 0.2) is 9.59 Å². The van der Waals surface area contributed by atoms with Gasteiger partial charge in [-0.1, -0.05) is 13.3 Å². The van der Waals surface area contributed by atoms with Crippen LogP contribution in [0.2, 0.25) is 0 Å². The minimum atomic E-state index is -0.461. The van der Waals surface area contributed by atoms with E-state index in [1.165, 1.54) is 4.57 Å². The number of nitrogens with zero attached hydrogens (tertiary/aromatic N) is 1. The molecule has 0 amide bonds. The van der Waals surface area contributed by atoms with Gasteiger partial charge in [-0.25, -0.2) is 4.79 Å². The fraction of sp³-hybridized carbons (Fsp3) is 0.692. The predicted octanol–water partition coefficient (Wildman–Crippen LogP) is 1.47. The lowest BCUT2D eigenvalue weighted by atomic mass is 10.2. The summed E-state index contributed by atoms with van der Waals surface area (Å²) in [5, 5.41) is 3.07. The second-order valence-corrected chi connectivity index (χ2v) is 6.86. The summed E-state index contributed by atoms with van der Waals surface area (Å²) in [6.45, 7) is 7.28. The zero-order valence-corrected chi connectivity index (χ0v) is 13.4. The summed E-state index contributed by atoms with van der Waals surface area (Å²) in [6.07, 6.45) is 3.80. The van der Waals surface area contributed by atoms with E-state index in [1.807, 2.05) is 13.2 Å². The van der Waals surface area contributed by atoms with Crippen molar-refractivity contribution in [1.29, 1.82) is 0 Å². The second kappa shape index (κ2) is 6.88. The van der Waals surface area contributed by atoms with Gasteiger partial charge in [0.2, 0.25) is 0 Å². The summed E-state index contributed by atoms with van der Waals surface area (Å²) in [7, 11) is 0. The van der Waals surface area contributed by atoms with Crippen LogP contribution in [-0.2, 0) is 6.54 Å². The molecule has 0 aromatic carbocycles. The van der Waals surface area contributed by atoms with Gasteiger partial charge in [-0.3, -0.25) is 14.3 Å². The standard InChI is InChI=1S/C13H24N4O2S/c1-5-6-7-17-10(14)9(11(18)16-12(17)19)15-8-13(2,3)20-4/h15H,5-8,14H2,1-4H3,(H,16,18,19).